The minimum Gasteiger partial charge on any atom is -0.297 e. The fraction of sp³-hybridized carbons (Fsp3) is 1.00. The molecular weight excluding hydrogens is 190 g/mol. The van der Waals surface area contributed by atoms with E-state index in [2.05, 4.69) is 58.2 Å². The highest BCUT2D eigenvalue weighted by molar-refractivity contribution is 8.01. The van der Waals surface area contributed by atoms with Crippen LogP contribution in [0.2, 0.25) is 0 Å². The highest BCUT2D eigenvalue weighted by atomic mass is 32.2. The summed E-state index contributed by atoms with van der Waals surface area (Å²) in [7, 11) is 0. The second-order valence-corrected chi connectivity index (χ2v) is 8.38. The first-order chi connectivity index (χ1) is 6.18. The van der Waals surface area contributed by atoms with Crippen molar-refractivity contribution < 1.29 is 0 Å². The van der Waals surface area contributed by atoms with Crippen LogP contribution in [0, 0.1) is 0 Å². The van der Waals surface area contributed by atoms with Gasteiger partial charge in [0.05, 0.1) is 0 Å². The fourth-order valence-corrected chi connectivity index (χ4v) is 3.41. The maximum absolute atomic E-state index is 2.61. The first-order valence-corrected chi connectivity index (χ1v) is 6.49. The first-order valence-electron chi connectivity index (χ1n) is 5.61. The maximum atomic E-state index is 2.61. The molecule has 84 valence electrons. The molecule has 0 amide bonds. The Morgan fingerprint density at radius 1 is 1.07 bits per heavy atom. The fourth-order valence-electron chi connectivity index (χ4n) is 1.93. The Morgan fingerprint density at radius 3 is 2.00 bits per heavy atom. The van der Waals surface area contributed by atoms with Crippen LogP contribution in [0.1, 0.15) is 48.0 Å². The van der Waals surface area contributed by atoms with E-state index in [1.54, 1.807) is 0 Å². The van der Waals surface area contributed by atoms with Crippen LogP contribution in [-0.2, 0) is 0 Å². The largest absolute Gasteiger partial charge is 0.297 e. The van der Waals surface area contributed by atoms with Gasteiger partial charge in [0.15, 0.2) is 0 Å². The number of hydrogen-bond donors (Lipinski definition) is 0. The number of rotatable bonds is 1. The molecule has 1 saturated heterocycles. The van der Waals surface area contributed by atoms with Crippen molar-refractivity contribution in [3.63, 3.8) is 0 Å². The molecule has 1 aliphatic heterocycles. The van der Waals surface area contributed by atoms with Gasteiger partial charge in [-0.2, -0.15) is 11.8 Å². The van der Waals surface area contributed by atoms with Crippen LogP contribution in [-0.4, -0.2) is 33.5 Å². The van der Waals surface area contributed by atoms with Crippen molar-refractivity contribution in [1.29, 1.82) is 0 Å². The minimum atomic E-state index is 0.354. The van der Waals surface area contributed by atoms with Crippen LogP contribution in [0.4, 0.5) is 0 Å². The molecule has 0 N–H and O–H groups in total. The van der Waals surface area contributed by atoms with Gasteiger partial charge in [-0.05, 0) is 33.7 Å². The van der Waals surface area contributed by atoms with Gasteiger partial charge >= 0.3 is 0 Å². The Labute approximate surface area is 93.6 Å². The average Bonchev–Trinajstić information content (AvgIpc) is 2.29. The number of likely N-dealkylation sites (tertiary alicyclic amines) is 1. The molecule has 1 heterocycles. The molecule has 1 aliphatic rings. The summed E-state index contributed by atoms with van der Waals surface area (Å²) in [6, 6.07) is 0. The van der Waals surface area contributed by atoms with Crippen molar-refractivity contribution in [3.05, 3.63) is 0 Å². The summed E-state index contributed by atoms with van der Waals surface area (Å²) in [5, 5.41) is 0.842. The van der Waals surface area contributed by atoms with Crippen LogP contribution in [0.3, 0.4) is 0 Å². The van der Waals surface area contributed by atoms with Crippen LogP contribution in [0.15, 0.2) is 0 Å². The first kappa shape index (κ1) is 12.4. The molecule has 0 aromatic carbocycles. The van der Waals surface area contributed by atoms with Gasteiger partial charge in [0.2, 0.25) is 0 Å². The molecular formula is C12H25NS. The lowest BCUT2D eigenvalue weighted by Crippen LogP contribution is -2.39. The van der Waals surface area contributed by atoms with Gasteiger partial charge < -0.3 is 0 Å². The van der Waals surface area contributed by atoms with Gasteiger partial charge in [-0.3, -0.25) is 4.90 Å². The molecule has 2 heteroatoms. The number of thioether (sulfide) groups is 1. The Hall–Kier alpha value is 0.310. The summed E-state index contributed by atoms with van der Waals surface area (Å²) in [5.41, 5.74) is 0.354. The third-order valence-electron chi connectivity index (χ3n) is 2.61. The summed E-state index contributed by atoms with van der Waals surface area (Å²) < 4.78 is 0.415. The summed E-state index contributed by atoms with van der Waals surface area (Å²) in [4.78, 5) is 2.61. The third-order valence-corrected chi connectivity index (χ3v) is 4.04. The Morgan fingerprint density at radius 2 is 1.64 bits per heavy atom. The summed E-state index contributed by atoms with van der Waals surface area (Å²) in [6.45, 7) is 16.4. The van der Waals surface area contributed by atoms with E-state index in [-0.39, 0.29) is 0 Å². The molecule has 0 aliphatic carbocycles. The highest BCUT2D eigenvalue weighted by Gasteiger charge is 2.32. The maximum Gasteiger partial charge on any atom is 0.0192 e. The molecule has 0 aromatic heterocycles. The molecule has 0 saturated carbocycles. The van der Waals surface area contributed by atoms with Crippen LogP contribution in [0.5, 0.6) is 0 Å². The SMILES string of the molecule is CC(C)(C)SC1CCN(C(C)(C)C)C1. The van der Waals surface area contributed by atoms with Gasteiger partial charge in [-0.1, -0.05) is 20.8 Å². The summed E-state index contributed by atoms with van der Waals surface area (Å²) in [5.74, 6) is 0. The van der Waals surface area contributed by atoms with Crippen LogP contribution >= 0.6 is 11.8 Å². The molecule has 1 atom stereocenters. The predicted octanol–water partition coefficient (Wildman–Crippen LogP) is 3.39. The van der Waals surface area contributed by atoms with E-state index in [9.17, 15) is 0 Å². The predicted molar refractivity (Wildman–Crippen MR) is 67.1 cm³/mol. The van der Waals surface area contributed by atoms with Gasteiger partial charge in [0.25, 0.3) is 0 Å². The molecule has 1 rings (SSSR count). The van der Waals surface area contributed by atoms with E-state index >= 15 is 0 Å². The molecule has 1 unspecified atom stereocenters. The molecule has 0 spiro atoms. The van der Waals surface area contributed by atoms with Crippen molar-refractivity contribution in [2.75, 3.05) is 13.1 Å². The highest BCUT2D eigenvalue weighted by Crippen LogP contribution is 2.35. The zero-order valence-corrected chi connectivity index (χ0v) is 11.4. The molecule has 1 fully saturated rings. The number of nitrogens with zero attached hydrogens (tertiary/aromatic N) is 1. The number of hydrogen-bond acceptors (Lipinski definition) is 2. The van der Waals surface area contributed by atoms with Crippen LogP contribution < -0.4 is 0 Å². The lowest BCUT2D eigenvalue weighted by Gasteiger charge is -2.32. The van der Waals surface area contributed by atoms with Crippen molar-refractivity contribution in [2.24, 2.45) is 0 Å². The van der Waals surface area contributed by atoms with Crippen molar-refractivity contribution >= 4 is 11.8 Å². The molecule has 0 radical (unpaired) electrons. The Balaban J connectivity index is 2.42. The van der Waals surface area contributed by atoms with Crippen molar-refractivity contribution in [1.82, 2.24) is 4.90 Å². The minimum absolute atomic E-state index is 0.354. The van der Waals surface area contributed by atoms with Gasteiger partial charge in [-0.25, -0.2) is 0 Å². The van der Waals surface area contributed by atoms with E-state index in [0.29, 0.717) is 10.3 Å². The van der Waals surface area contributed by atoms with Crippen LogP contribution in [0.25, 0.3) is 0 Å². The van der Waals surface area contributed by atoms with E-state index < -0.39 is 0 Å². The zero-order chi connectivity index (χ0) is 11.0. The van der Waals surface area contributed by atoms with E-state index in [0.717, 1.165) is 5.25 Å². The van der Waals surface area contributed by atoms with Gasteiger partial charge in [0.1, 0.15) is 0 Å². The normalized spacial score (nSPS) is 25.7. The van der Waals surface area contributed by atoms with Gasteiger partial charge in [-0.15, -0.1) is 0 Å². The lowest BCUT2D eigenvalue weighted by atomic mass is 10.1. The lowest BCUT2D eigenvalue weighted by molar-refractivity contribution is 0.175. The van der Waals surface area contributed by atoms with E-state index in [1.165, 1.54) is 19.5 Å². The van der Waals surface area contributed by atoms with E-state index in [4.69, 9.17) is 0 Å². The van der Waals surface area contributed by atoms with Crippen molar-refractivity contribution in [3.8, 4) is 0 Å². The summed E-state index contributed by atoms with van der Waals surface area (Å²) in [6.07, 6.45) is 1.36. The zero-order valence-electron chi connectivity index (χ0n) is 10.6. The second kappa shape index (κ2) is 4.05. The van der Waals surface area contributed by atoms with E-state index in [1.807, 2.05) is 0 Å². The summed E-state index contributed by atoms with van der Waals surface area (Å²) >= 11 is 2.14. The topological polar surface area (TPSA) is 3.24 Å². The van der Waals surface area contributed by atoms with Crippen molar-refractivity contribution in [2.45, 2.75) is 63.5 Å². The molecule has 0 aromatic rings. The monoisotopic (exact) mass is 215 g/mol. The average molecular weight is 215 g/mol. The Bertz CT molecular complexity index is 187. The third kappa shape index (κ3) is 3.82. The standard InChI is InChI=1S/C12H25NS/c1-11(2,3)13-8-7-10(9-13)14-12(4,5)6/h10H,7-9H2,1-6H3. The Kier molecular flexibility index (Phi) is 3.58. The molecule has 14 heavy (non-hydrogen) atoms. The quantitative estimate of drug-likeness (QED) is 0.659. The van der Waals surface area contributed by atoms with Gasteiger partial charge in [0, 0.05) is 22.1 Å². The smallest absolute Gasteiger partial charge is 0.0192 e. The second-order valence-electron chi connectivity index (χ2n) is 6.26. The molecule has 0 bridgehead atoms. The molecule has 1 nitrogen and oxygen atoms in total.